The first-order chi connectivity index (χ1) is 6.29. The first kappa shape index (κ1) is 10.3. The molecule has 0 unspecified atom stereocenters. The van der Waals surface area contributed by atoms with Gasteiger partial charge in [-0.05, 0) is 25.7 Å². The van der Waals surface area contributed by atoms with Crippen molar-refractivity contribution in [3.05, 3.63) is 11.8 Å². The topological polar surface area (TPSA) is 26.3 Å². The van der Waals surface area contributed by atoms with Gasteiger partial charge in [-0.25, -0.2) is 0 Å². The highest BCUT2D eigenvalue weighted by atomic mass is 16.5. The second-order valence-electron chi connectivity index (χ2n) is 3.50. The average molecular weight is 182 g/mol. The number of hydrogen-bond acceptors (Lipinski definition) is 2. The van der Waals surface area contributed by atoms with Crippen molar-refractivity contribution in [2.75, 3.05) is 6.61 Å². The molecule has 0 radical (unpaired) electrons. The van der Waals surface area contributed by atoms with Gasteiger partial charge in [0.15, 0.2) is 5.78 Å². The van der Waals surface area contributed by atoms with Gasteiger partial charge >= 0.3 is 0 Å². The van der Waals surface area contributed by atoms with Gasteiger partial charge < -0.3 is 4.74 Å². The summed E-state index contributed by atoms with van der Waals surface area (Å²) in [6, 6.07) is 0. The van der Waals surface area contributed by atoms with Gasteiger partial charge in [0.05, 0.1) is 12.9 Å². The second kappa shape index (κ2) is 5.05. The highest BCUT2D eigenvalue weighted by Crippen LogP contribution is 2.20. The molecule has 74 valence electrons. The maximum Gasteiger partial charge on any atom is 0.164 e. The Labute approximate surface area is 80.0 Å². The van der Waals surface area contributed by atoms with Crippen LogP contribution in [0.4, 0.5) is 0 Å². The summed E-state index contributed by atoms with van der Waals surface area (Å²) >= 11 is 0. The van der Waals surface area contributed by atoms with Crippen LogP contribution in [0.2, 0.25) is 0 Å². The van der Waals surface area contributed by atoms with E-state index in [1.807, 2.05) is 0 Å². The number of ketones is 1. The third kappa shape index (κ3) is 2.58. The minimum absolute atomic E-state index is 0.202. The molecular weight excluding hydrogens is 164 g/mol. The van der Waals surface area contributed by atoms with Crippen molar-refractivity contribution in [1.29, 1.82) is 0 Å². The van der Waals surface area contributed by atoms with Crippen LogP contribution < -0.4 is 0 Å². The van der Waals surface area contributed by atoms with Crippen molar-refractivity contribution in [3.63, 3.8) is 0 Å². The lowest BCUT2D eigenvalue weighted by Crippen LogP contribution is -2.17. The Morgan fingerprint density at radius 1 is 1.54 bits per heavy atom. The first-order valence-electron chi connectivity index (χ1n) is 5.14. The molecule has 13 heavy (non-hydrogen) atoms. The Hall–Kier alpha value is -0.790. The lowest BCUT2D eigenvalue weighted by Gasteiger charge is -2.17. The molecule has 0 bridgehead atoms. The molecule has 0 aromatic heterocycles. The van der Waals surface area contributed by atoms with Crippen LogP contribution in [0.1, 0.15) is 39.5 Å². The number of carbonyl (C=O) groups excluding carboxylic acids is 1. The molecule has 0 fully saturated rings. The second-order valence-corrected chi connectivity index (χ2v) is 3.50. The number of hydrogen-bond donors (Lipinski definition) is 0. The Balaban J connectivity index is 2.59. The Morgan fingerprint density at radius 2 is 2.23 bits per heavy atom. The third-order valence-corrected chi connectivity index (χ3v) is 2.61. The van der Waals surface area contributed by atoms with Crippen LogP contribution in [0.25, 0.3) is 0 Å². The number of Topliss-reactive ketones (excluding diaryl/α,β-unsaturated/α-hetero) is 1. The van der Waals surface area contributed by atoms with E-state index < -0.39 is 0 Å². The van der Waals surface area contributed by atoms with Crippen LogP contribution in [0, 0.1) is 5.92 Å². The van der Waals surface area contributed by atoms with Gasteiger partial charge in [0.2, 0.25) is 0 Å². The van der Waals surface area contributed by atoms with Gasteiger partial charge in [-0.15, -0.1) is 0 Å². The quantitative estimate of drug-likeness (QED) is 0.668. The third-order valence-electron chi connectivity index (χ3n) is 2.61. The molecule has 0 saturated carbocycles. The zero-order valence-electron chi connectivity index (χ0n) is 8.51. The molecule has 0 spiro atoms. The fraction of sp³-hybridized carbons (Fsp3) is 0.727. The molecule has 1 aliphatic rings. The van der Waals surface area contributed by atoms with E-state index in [0.29, 0.717) is 5.78 Å². The molecule has 1 heterocycles. The zero-order valence-corrected chi connectivity index (χ0v) is 8.51. The van der Waals surface area contributed by atoms with Crippen LogP contribution in [0.5, 0.6) is 0 Å². The molecule has 0 atom stereocenters. The summed E-state index contributed by atoms with van der Waals surface area (Å²) < 4.78 is 5.16. The maximum absolute atomic E-state index is 11.8. The fourth-order valence-electron chi connectivity index (χ4n) is 1.67. The van der Waals surface area contributed by atoms with Gasteiger partial charge in [-0.2, -0.15) is 0 Å². The molecule has 0 N–H and O–H groups in total. The van der Waals surface area contributed by atoms with Crippen LogP contribution in [-0.4, -0.2) is 12.4 Å². The molecule has 1 aliphatic heterocycles. The van der Waals surface area contributed by atoms with Crippen molar-refractivity contribution < 1.29 is 9.53 Å². The average Bonchev–Trinajstić information content (AvgIpc) is 2.21. The minimum atomic E-state index is 0.202. The highest BCUT2D eigenvalue weighted by Gasteiger charge is 2.20. The largest absolute Gasteiger partial charge is 0.501 e. The van der Waals surface area contributed by atoms with Gasteiger partial charge in [-0.3, -0.25) is 4.79 Å². The van der Waals surface area contributed by atoms with Crippen molar-refractivity contribution in [3.8, 4) is 0 Å². The summed E-state index contributed by atoms with van der Waals surface area (Å²) in [5, 5.41) is 0. The first-order valence-corrected chi connectivity index (χ1v) is 5.14. The van der Waals surface area contributed by atoms with Crippen LogP contribution in [0.3, 0.4) is 0 Å². The van der Waals surface area contributed by atoms with Gasteiger partial charge in [0.25, 0.3) is 0 Å². The Morgan fingerprint density at radius 3 is 2.69 bits per heavy atom. The number of rotatable bonds is 4. The van der Waals surface area contributed by atoms with E-state index in [0.717, 1.165) is 37.9 Å². The molecule has 0 amide bonds. The molecule has 0 saturated heterocycles. The van der Waals surface area contributed by atoms with Crippen molar-refractivity contribution in [1.82, 2.24) is 0 Å². The van der Waals surface area contributed by atoms with E-state index in [9.17, 15) is 4.79 Å². The summed E-state index contributed by atoms with van der Waals surface area (Å²) in [5.74, 6) is 0.498. The summed E-state index contributed by atoms with van der Waals surface area (Å²) in [5.41, 5.74) is 0.889. The highest BCUT2D eigenvalue weighted by molar-refractivity contribution is 5.96. The van der Waals surface area contributed by atoms with Gasteiger partial charge in [0.1, 0.15) is 0 Å². The summed E-state index contributed by atoms with van der Waals surface area (Å²) in [4.78, 5) is 11.8. The predicted molar refractivity (Wildman–Crippen MR) is 52.3 cm³/mol. The van der Waals surface area contributed by atoms with E-state index in [4.69, 9.17) is 4.74 Å². The molecule has 2 heteroatoms. The minimum Gasteiger partial charge on any atom is -0.501 e. The van der Waals surface area contributed by atoms with E-state index in [-0.39, 0.29) is 5.92 Å². The van der Waals surface area contributed by atoms with Crippen molar-refractivity contribution >= 4 is 5.78 Å². The summed E-state index contributed by atoms with van der Waals surface area (Å²) in [6.45, 7) is 4.90. The fourth-order valence-corrected chi connectivity index (χ4v) is 1.67. The SMILES string of the molecule is CCC(CC)C(=O)C1=COCCC1. The molecule has 2 nitrogen and oxygen atoms in total. The van der Waals surface area contributed by atoms with Crippen LogP contribution in [0.15, 0.2) is 11.8 Å². The standard InChI is InChI=1S/C11H18O2/c1-3-9(4-2)11(12)10-6-5-7-13-8-10/h8-9H,3-7H2,1-2H3. The summed E-state index contributed by atoms with van der Waals surface area (Å²) in [7, 11) is 0. The maximum atomic E-state index is 11.8. The summed E-state index contributed by atoms with van der Waals surface area (Å²) in [6.07, 6.45) is 5.41. The molecule has 1 rings (SSSR count). The van der Waals surface area contributed by atoms with E-state index in [2.05, 4.69) is 13.8 Å². The van der Waals surface area contributed by atoms with E-state index >= 15 is 0 Å². The van der Waals surface area contributed by atoms with Crippen LogP contribution >= 0.6 is 0 Å². The van der Waals surface area contributed by atoms with Crippen molar-refractivity contribution in [2.45, 2.75) is 39.5 Å². The number of carbonyl (C=O) groups is 1. The van der Waals surface area contributed by atoms with Gasteiger partial charge in [0, 0.05) is 11.5 Å². The molecule has 0 aliphatic carbocycles. The molecular formula is C11H18O2. The lowest BCUT2D eigenvalue weighted by molar-refractivity contribution is -0.119. The lowest BCUT2D eigenvalue weighted by atomic mass is 9.91. The zero-order chi connectivity index (χ0) is 9.68. The Bertz CT molecular complexity index is 202. The monoisotopic (exact) mass is 182 g/mol. The van der Waals surface area contributed by atoms with Crippen LogP contribution in [-0.2, 0) is 9.53 Å². The van der Waals surface area contributed by atoms with E-state index in [1.54, 1.807) is 6.26 Å². The number of allylic oxidation sites excluding steroid dienone is 1. The molecule has 0 aromatic carbocycles. The van der Waals surface area contributed by atoms with Gasteiger partial charge in [-0.1, -0.05) is 13.8 Å². The predicted octanol–water partition coefficient (Wildman–Crippen LogP) is 2.69. The number of ether oxygens (including phenoxy) is 1. The normalized spacial score (nSPS) is 16.7. The van der Waals surface area contributed by atoms with Crippen molar-refractivity contribution in [2.24, 2.45) is 5.92 Å². The van der Waals surface area contributed by atoms with E-state index in [1.165, 1.54) is 0 Å². The smallest absolute Gasteiger partial charge is 0.164 e. The Kier molecular flexibility index (Phi) is 4.00. The molecule has 0 aromatic rings.